The molecule has 18 heteroatoms. The second-order valence-electron chi connectivity index (χ2n) is 21.6. The molecule has 4 saturated carbocycles. The third-order valence-corrected chi connectivity index (χ3v) is 18.3. The number of hydrogen-bond donors (Lipinski definition) is 10. The van der Waals surface area contributed by atoms with Crippen LogP contribution in [-0.2, 0) is 38.0 Å². The Balaban J connectivity index is 1.02. The molecule has 8 rings (SSSR count). The first kappa shape index (κ1) is 48.3. The molecule has 8 aliphatic rings. The van der Waals surface area contributed by atoms with E-state index in [9.17, 15) is 60.7 Å². The summed E-state index contributed by atoms with van der Waals surface area (Å²) in [6.07, 6.45) is -14.3. The second-order valence-corrected chi connectivity index (χ2v) is 21.6. The van der Waals surface area contributed by atoms with Gasteiger partial charge in [0, 0.05) is 5.92 Å². The molecular weight excluding hydrogens is 840 g/mol. The molecule has 3 aliphatic heterocycles. The number of aliphatic carboxylic acids is 1. The van der Waals surface area contributed by atoms with E-state index >= 15 is 0 Å². The van der Waals surface area contributed by atoms with Gasteiger partial charge in [0.15, 0.2) is 18.7 Å². The van der Waals surface area contributed by atoms with Gasteiger partial charge in [0.25, 0.3) is 0 Å². The number of allylic oxidation sites excluding steroid dienone is 3. The zero-order valence-corrected chi connectivity index (χ0v) is 37.4. The number of hydrogen-bond acceptors (Lipinski definition) is 17. The number of carbonyl (C=O) groups is 2. The van der Waals surface area contributed by atoms with Crippen LogP contribution in [0.5, 0.6) is 0 Å². The monoisotopic (exact) mass is 910 g/mol. The zero-order chi connectivity index (χ0) is 46.6. The lowest BCUT2D eigenvalue weighted by Crippen LogP contribution is -2.67. The van der Waals surface area contributed by atoms with Crippen LogP contribution < -0.4 is 0 Å². The highest BCUT2D eigenvalue weighted by Gasteiger charge is 2.70. The Kier molecular flexibility index (Phi) is 12.9. The van der Waals surface area contributed by atoms with Crippen molar-refractivity contribution in [2.45, 2.75) is 191 Å². The SMILES string of the molecule is C=C1CC[C@]2(C(=O)O[C@@H]3O[C@H](CO)[C@@H](O)[C@H](O)[C@H]3O)CC[C@]3(C)C(=CC[C@@H]4[C@@]5(C)CC[C@H](O[C@@H]6O[C@H](C(=O)O)[C@@H](O)[C@H](O[C@@H]7OC[C@@H](O)[C@H](O)[C@H]7O)[C@H]6O)C(C)(C)[C@@H]5CC[C@]43C)[C@@H]2C1. The number of esters is 1. The molecule has 0 radical (unpaired) electrons. The highest BCUT2D eigenvalue weighted by Crippen LogP contribution is 2.75. The van der Waals surface area contributed by atoms with E-state index in [1.54, 1.807) is 0 Å². The fraction of sp³-hybridized carbons (Fsp3) is 0.870. The molecule has 64 heavy (non-hydrogen) atoms. The fourth-order valence-corrected chi connectivity index (χ4v) is 14.3. The molecular formula is C46H70O18. The van der Waals surface area contributed by atoms with Gasteiger partial charge in [-0.05, 0) is 97.7 Å². The summed E-state index contributed by atoms with van der Waals surface area (Å²) in [5.74, 6) is -1.93. The molecule has 0 spiro atoms. The molecule has 0 aromatic heterocycles. The molecule has 0 bridgehead atoms. The van der Waals surface area contributed by atoms with Crippen LogP contribution in [0, 0.1) is 44.8 Å². The molecule has 0 amide bonds. The standard InChI is InChI=1S/C46H70O18/c1-20-9-14-46(41(58)64-39-32(53)30(51)29(50)24(18-47)60-39)16-15-44(5)21(22(46)17-20)7-8-26-43(4)12-11-27(42(2,3)25(43)10-13-45(26,44)6)61-40-34(55)35(33(54)36(63-40)37(56)57)62-38-31(52)28(49)23(48)19-59-38/h7,22-36,38-40,47-55H,1,8-19H2,2-6H3,(H,56,57)/t22-,23+,24+,25-,26+,27-,28-,29+,30-,31+,32+,33-,34+,35-,36-,38-,39-,40+,43-,44+,45+,46-/m0/s1. The first-order chi connectivity index (χ1) is 30.0. The predicted molar refractivity (Wildman–Crippen MR) is 220 cm³/mol. The van der Waals surface area contributed by atoms with Crippen molar-refractivity contribution in [1.82, 2.24) is 0 Å². The van der Waals surface area contributed by atoms with Gasteiger partial charge in [0.2, 0.25) is 6.29 Å². The van der Waals surface area contributed by atoms with Crippen molar-refractivity contribution in [3.63, 3.8) is 0 Å². The average Bonchev–Trinajstić information content (AvgIpc) is 3.24. The van der Waals surface area contributed by atoms with E-state index in [0.29, 0.717) is 38.5 Å². The number of carboxylic acid groups (broad SMARTS) is 1. The Morgan fingerprint density at radius 2 is 1.47 bits per heavy atom. The smallest absolute Gasteiger partial charge is 0.335 e. The molecule has 3 saturated heterocycles. The largest absolute Gasteiger partial charge is 0.479 e. The van der Waals surface area contributed by atoms with Gasteiger partial charge in [-0.15, -0.1) is 0 Å². The number of carboxylic acids is 1. The van der Waals surface area contributed by atoms with Crippen LogP contribution in [0.3, 0.4) is 0 Å². The Morgan fingerprint density at radius 1 is 0.766 bits per heavy atom. The number of aliphatic hydroxyl groups excluding tert-OH is 9. The minimum atomic E-state index is -1.90. The summed E-state index contributed by atoms with van der Waals surface area (Å²) in [7, 11) is 0. The molecule has 0 aromatic rings. The Hall–Kier alpha value is -2.14. The molecule has 10 N–H and O–H groups in total. The maximum atomic E-state index is 14.5. The summed E-state index contributed by atoms with van der Waals surface area (Å²) in [6, 6.07) is 0. The van der Waals surface area contributed by atoms with Crippen molar-refractivity contribution in [1.29, 1.82) is 0 Å². The third kappa shape index (κ3) is 7.36. The van der Waals surface area contributed by atoms with Crippen molar-refractivity contribution >= 4 is 11.9 Å². The van der Waals surface area contributed by atoms with Crippen LogP contribution in [-0.4, -0.2) is 168 Å². The Labute approximate surface area is 373 Å². The quantitative estimate of drug-likeness (QED) is 0.0896. The maximum absolute atomic E-state index is 14.5. The first-order valence-electron chi connectivity index (χ1n) is 23.1. The minimum absolute atomic E-state index is 0.119. The first-order valence-corrected chi connectivity index (χ1v) is 23.1. The predicted octanol–water partition coefficient (Wildman–Crippen LogP) is 0.402. The highest BCUT2D eigenvalue weighted by atomic mass is 16.7. The van der Waals surface area contributed by atoms with E-state index in [-0.39, 0.29) is 34.0 Å². The second kappa shape index (κ2) is 17.1. The topological polar surface area (TPSA) is 292 Å². The van der Waals surface area contributed by atoms with Crippen molar-refractivity contribution in [2.24, 2.45) is 44.8 Å². The van der Waals surface area contributed by atoms with E-state index in [2.05, 4.69) is 47.3 Å². The number of ether oxygens (including phenoxy) is 6. The number of carbonyl (C=O) groups excluding carboxylic acids is 1. The molecule has 5 aliphatic carbocycles. The van der Waals surface area contributed by atoms with Crippen molar-refractivity contribution in [2.75, 3.05) is 13.2 Å². The van der Waals surface area contributed by atoms with Crippen LogP contribution in [0.4, 0.5) is 0 Å². The summed E-state index contributed by atoms with van der Waals surface area (Å²) in [5, 5.41) is 105. The van der Waals surface area contributed by atoms with Gasteiger partial charge in [-0.25, -0.2) is 4.79 Å². The summed E-state index contributed by atoms with van der Waals surface area (Å²) < 4.78 is 34.9. The fourth-order valence-electron chi connectivity index (χ4n) is 14.3. The molecule has 22 atom stereocenters. The van der Waals surface area contributed by atoms with Gasteiger partial charge in [-0.1, -0.05) is 58.4 Å². The van der Waals surface area contributed by atoms with Gasteiger partial charge in [-0.3, -0.25) is 4.79 Å². The van der Waals surface area contributed by atoms with Gasteiger partial charge in [0.1, 0.15) is 61.0 Å². The van der Waals surface area contributed by atoms with E-state index in [1.165, 1.54) is 5.57 Å². The van der Waals surface area contributed by atoms with E-state index in [1.807, 2.05) is 0 Å². The minimum Gasteiger partial charge on any atom is -0.479 e. The molecule has 18 nitrogen and oxygen atoms in total. The lowest BCUT2D eigenvalue weighted by molar-refractivity contribution is -0.357. The van der Waals surface area contributed by atoms with Crippen molar-refractivity contribution in [3.05, 3.63) is 23.8 Å². The number of rotatable bonds is 8. The number of fused-ring (bicyclic) bond motifs is 7. The van der Waals surface area contributed by atoms with Crippen LogP contribution in [0.15, 0.2) is 23.8 Å². The van der Waals surface area contributed by atoms with E-state index in [4.69, 9.17) is 28.4 Å². The summed E-state index contributed by atoms with van der Waals surface area (Å²) >= 11 is 0. The summed E-state index contributed by atoms with van der Waals surface area (Å²) in [5.41, 5.74) is 0.120. The molecule has 7 fully saturated rings. The summed E-state index contributed by atoms with van der Waals surface area (Å²) in [6.45, 7) is 14.7. The highest BCUT2D eigenvalue weighted by molar-refractivity contribution is 5.79. The lowest BCUT2D eigenvalue weighted by atomic mass is 9.34. The maximum Gasteiger partial charge on any atom is 0.335 e. The van der Waals surface area contributed by atoms with E-state index < -0.39 is 128 Å². The van der Waals surface area contributed by atoms with Crippen LogP contribution in [0.2, 0.25) is 0 Å². The van der Waals surface area contributed by atoms with Gasteiger partial charge in [-0.2, -0.15) is 0 Å². The van der Waals surface area contributed by atoms with Gasteiger partial charge >= 0.3 is 11.9 Å². The number of aliphatic hydroxyl groups is 9. The van der Waals surface area contributed by atoms with Crippen LogP contribution >= 0.6 is 0 Å². The third-order valence-electron chi connectivity index (χ3n) is 18.3. The van der Waals surface area contributed by atoms with Gasteiger partial charge < -0.3 is 79.5 Å². The zero-order valence-electron chi connectivity index (χ0n) is 37.4. The van der Waals surface area contributed by atoms with Gasteiger partial charge in [0.05, 0.1) is 24.7 Å². The normalized spacial score (nSPS) is 52.5. The molecule has 362 valence electrons. The van der Waals surface area contributed by atoms with Crippen LogP contribution in [0.1, 0.15) is 98.8 Å². The Morgan fingerprint density at radius 3 is 2.16 bits per heavy atom. The molecule has 0 aromatic carbocycles. The average molecular weight is 911 g/mol. The summed E-state index contributed by atoms with van der Waals surface area (Å²) in [4.78, 5) is 26.9. The molecule has 3 heterocycles. The lowest BCUT2D eigenvalue weighted by Gasteiger charge is -2.71. The Bertz CT molecular complexity index is 1820. The molecule has 0 unspecified atom stereocenters. The van der Waals surface area contributed by atoms with Crippen molar-refractivity contribution < 1.29 is 89.1 Å². The van der Waals surface area contributed by atoms with Crippen molar-refractivity contribution in [3.8, 4) is 0 Å². The van der Waals surface area contributed by atoms with Crippen LogP contribution in [0.25, 0.3) is 0 Å². The van der Waals surface area contributed by atoms with E-state index in [0.717, 1.165) is 31.3 Å².